The topological polar surface area (TPSA) is 85.8 Å². The molecule has 0 atom stereocenters. The predicted octanol–water partition coefficient (Wildman–Crippen LogP) is 1.76. The average molecular weight is 372 g/mol. The zero-order valence-corrected chi connectivity index (χ0v) is 15.8. The third kappa shape index (κ3) is 4.21. The number of ether oxygens (including phenoxy) is 3. The summed E-state index contributed by atoms with van der Waals surface area (Å²) in [6.07, 6.45) is 4.35. The molecule has 1 N–H and O–H groups in total. The van der Waals surface area contributed by atoms with Gasteiger partial charge >= 0.3 is 0 Å². The van der Waals surface area contributed by atoms with Crippen molar-refractivity contribution in [3.8, 4) is 17.2 Å². The Hall–Kier alpha value is -3.03. The molecule has 1 amide bonds. The molecule has 1 aromatic carbocycles. The fourth-order valence-corrected chi connectivity index (χ4v) is 3.09. The van der Waals surface area contributed by atoms with Crippen molar-refractivity contribution in [2.75, 3.05) is 39.7 Å². The van der Waals surface area contributed by atoms with Gasteiger partial charge in [0.1, 0.15) is 0 Å². The fraction of sp³-hybridized carbons (Fsp3) is 0.421. The van der Waals surface area contributed by atoms with E-state index in [4.69, 9.17) is 14.2 Å². The number of nitrogens with zero attached hydrogens (tertiary/aromatic N) is 3. The zero-order chi connectivity index (χ0) is 19.2. The van der Waals surface area contributed by atoms with Gasteiger partial charge in [-0.15, -0.1) is 0 Å². The maximum Gasteiger partial charge on any atom is 0.223 e. The first-order chi connectivity index (χ1) is 13.2. The molecule has 1 aliphatic rings. The molecule has 144 valence electrons. The highest BCUT2D eigenvalue weighted by Crippen LogP contribution is 2.40. The van der Waals surface area contributed by atoms with E-state index in [2.05, 4.69) is 15.3 Å². The molecule has 1 fully saturated rings. The molecule has 0 unspecified atom stereocenters. The van der Waals surface area contributed by atoms with E-state index < -0.39 is 0 Å². The van der Waals surface area contributed by atoms with Gasteiger partial charge in [0.2, 0.25) is 17.6 Å². The molecule has 0 bridgehead atoms. The molecule has 27 heavy (non-hydrogen) atoms. The van der Waals surface area contributed by atoms with Crippen LogP contribution in [-0.2, 0) is 11.2 Å². The zero-order valence-electron chi connectivity index (χ0n) is 15.8. The van der Waals surface area contributed by atoms with E-state index in [0.717, 1.165) is 5.56 Å². The number of rotatable bonds is 8. The Morgan fingerprint density at radius 3 is 2.44 bits per heavy atom. The fourth-order valence-electron chi connectivity index (χ4n) is 3.09. The summed E-state index contributed by atoms with van der Waals surface area (Å²) in [7, 11) is 4.73. The van der Waals surface area contributed by atoms with Gasteiger partial charge in [0, 0.05) is 31.9 Å². The Labute approximate surface area is 158 Å². The van der Waals surface area contributed by atoms with Crippen LogP contribution in [0.5, 0.6) is 17.2 Å². The van der Waals surface area contributed by atoms with Crippen LogP contribution in [0.15, 0.2) is 30.6 Å². The molecule has 8 heteroatoms. The highest BCUT2D eigenvalue weighted by molar-refractivity contribution is 5.78. The molecule has 1 saturated heterocycles. The standard InChI is InChI=1S/C19H24N4O4/c1-25-15-7-5-13(17(26-2)18(15)27-3)6-8-16(24)23-11-14(12-23)22-19-20-9-4-10-21-19/h4-5,7,9-10,14H,6,8,11-12H2,1-3H3,(H,20,21,22). The minimum absolute atomic E-state index is 0.110. The number of hydrogen-bond donors (Lipinski definition) is 1. The summed E-state index contributed by atoms with van der Waals surface area (Å²) in [5.41, 5.74) is 0.913. The number of benzene rings is 1. The van der Waals surface area contributed by atoms with Crippen molar-refractivity contribution in [2.45, 2.75) is 18.9 Å². The lowest BCUT2D eigenvalue weighted by Gasteiger charge is -2.39. The van der Waals surface area contributed by atoms with Crippen LogP contribution in [0.2, 0.25) is 0 Å². The van der Waals surface area contributed by atoms with E-state index in [0.29, 0.717) is 49.1 Å². The molecule has 2 heterocycles. The first-order valence-corrected chi connectivity index (χ1v) is 8.75. The molecular formula is C19H24N4O4. The SMILES string of the molecule is COc1ccc(CCC(=O)N2CC(Nc3ncccn3)C2)c(OC)c1OC. The Morgan fingerprint density at radius 1 is 1.11 bits per heavy atom. The largest absolute Gasteiger partial charge is 0.493 e. The molecule has 8 nitrogen and oxygen atoms in total. The van der Waals surface area contributed by atoms with E-state index in [1.165, 1.54) is 0 Å². The number of nitrogens with one attached hydrogen (secondary N) is 1. The third-order valence-electron chi connectivity index (χ3n) is 4.53. The minimum atomic E-state index is 0.110. The normalized spacial score (nSPS) is 13.7. The van der Waals surface area contributed by atoms with Crippen LogP contribution in [0.3, 0.4) is 0 Å². The number of aryl methyl sites for hydroxylation is 1. The van der Waals surface area contributed by atoms with Crippen LogP contribution in [0.25, 0.3) is 0 Å². The highest BCUT2D eigenvalue weighted by atomic mass is 16.5. The average Bonchev–Trinajstić information content (AvgIpc) is 2.68. The van der Waals surface area contributed by atoms with Gasteiger partial charge in [0.25, 0.3) is 0 Å². The van der Waals surface area contributed by atoms with Crippen molar-refractivity contribution >= 4 is 11.9 Å². The first-order valence-electron chi connectivity index (χ1n) is 8.75. The predicted molar refractivity (Wildman–Crippen MR) is 100 cm³/mol. The number of likely N-dealkylation sites (tertiary alicyclic amines) is 1. The second kappa shape index (κ2) is 8.57. The lowest BCUT2D eigenvalue weighted by molar-refractivity contribution is -0.135. The molecular weight excluding hydrogens is 348 g/mol. The van der Waals surface area contributed by atoms with Crippen LogP contribution in [-0.4, -0.2) is 61.2 Å². The third-order valence-corrected chi connectivity index (χ3v) is 4.53. The quantitative estimate of drug-likeness (QED) is 0.756. The van der Waals surface area contributed by atoms with Gasteiger partial charge in [-0.1, -0.05) is 6.07 Å². The van der Waals surface area contributed by atoms with Crippen LogP contribution in [0.4, 0.5) is 5.95 Å². The maximum atomic E-state index is 12.4. The number of aromatic nitrogens is 2. The molecule has 0 spiro atoms. The van der Waals surface area contributed by atoms with Gasteiger partial charge < -0.3 is 24.4 Å². The maximum absolute atomic E-state index is 12.4. The van der Waals surface area contributed by atoms with Gasteiger partial charge in [0.15, 0.2) is 11.5 Å². The number of carbonyl (C=O) groups excluding carboxylic acids is 1. The van der Waals surface area contributed by atoms with Crippen LogP contribution in [0, 0.1) is 0 Å². The lowest BCUT2D eigenvalue weighted by Crippen LogP contribution is -2.57. The van der Waals surface area contributed by atoms with Gasteiger partial charge in [-0.05, 0) is 24.1 Å². The Balaban J connectivity index is 1.53. The number of amides is 1. The monoisotopic (exact) mass is 372 g/mol. The van der Waals surface area contributed by atoms with E-state index in [1.807, 2.05) is 17.0 Å². The first kappa shape index (κ1) is 18.8. The molecule has 3 rings (SSSR count). The summed E-state index contributed by atoms with van der Waals surface area (Å²) in [4.78, 5) is 22.5. The summed E-state index contributed by atoms with van der Waals surface area (Å²) in [6.45, 7) is 1.31. The van der Waals surface area contributed by atoms with Crippen LogP contribution < -0.4 is 19.5 Å². The number of methoxy groups -OCH3 is 3. The highest BCUT2D eigenvalue weighted by Gasteiger charge is 2.30. The van der Waals surface area contributed by atoms with E-state index >= 15 is 0 Å². The van der Waals surface area contributed by atoms with Gasteiger partial charge in [-0.3, -0.25) is 4.79 Å². The van der Waals surface area contributed by atoms with Crippen molar-refractivity contribution in [1.29, 1.82) is 0 Å². The van der Waals surface area contributed by atoms with Gasteiger partial charge in [-0.25, -0.2) is 9.97 Å². The molecule has 2 aromatic rings. The second-order valence-corrected chi connectivity index (χ2v) is 6.21. The van der Waals surface area contributed by atoms with Gasteiger partial charge in [-0.2, -0.15) is 0 Å². The van der Waals surface area contributed by atoms with E-state index in [1.54, 1.807) is 39.8 Å². The summed E-state index contributed by atoms with van der Waals surface area (Å²) >= 11 is 0. The van der Waals surface area contributed by atoms with Crippen molar-refractivity contribution in [1.82, 2.24) is 14.9 Å². The van der Waals surface area contributed by atoms with Crippen LogP contribution >= 0.6 is 0 Å². The smallest absolute Gasteiger partial charge is 0.223 e. The van der Waals surface area contributed by atoms with Crippen molar-refractivity contribution < 1.29 is 19.0 Å². The van der Waals surface area contributed by atoms with Crippen molar-refractivity contribution in [3.63, 3.8) is 0 Å². The second-order valence-electron chi connectivity index (χ2n) is 6.21. The summed E-state index contributed by atoms with van der Waals surface area (Å²) in [6, 6.07) is 5.68. The lowest BCUT2D eigenvalue weighted by atomic mass is 10.0. The van der Waals surface area contributed by atoms with Crippen molar-refractivity contribution in [2.24, 2.45) is 0 Å². The minimum Gasteiger partial charge on any atom is -0.493 e. The number of anilines is 1. The number of hydrogen-bond acceptors (Lipinski definition) is 7. The summed E-state index contributed by atoms with van der Waals surface area (Å²) in [5, 5.41) is 3.22. The van der Waals surface area contributed by atoms with E-state index in [-0.39, 0.29) is 11.9 Å². The Morgan fingerprint density at radius 2 is 1.81 bits per heavy atom. The molecule has 0 saturated carbocycles. The molecule has 1 aliphatic heterocycles. The van der Waals surface area contributed by atoms with Crippen molar-refractivity contribution in [3.05, 3.63) is 36.2 Å². The molecule has 0 aliphatic carbocycles. The Bertz CT molecular complexity index is 779. The summed E-state index contributed by atoms with van der Waals surface area (Å²) < 4.78 is 16.2. The Kier molecular flexibility index (Phi) is 5.95. The summed E-state index contributed by atoms with van der Waals surface area (Å²) in [5.74, 6) is 2.45. The molecule has 0 radical (unpaired) electrons. The number of carbonyl (C=O) groups is 1. The van der Waals surface area contributed by atoms with Gasteiger partial charge in [0.05, 0.1) is 27.4 Å². The van der Waals surface area contributed by atoms with Crippen LogP contribution in [0.1, 0.15) is 12.0 Å². The van der Waals surface area contributed by atoms with E-state index in [9.17, 15) is 4.79 Å². The molecule has 1 aromatic heterocycles.